The Morgan fingerprint density at radius 1 is 1.20 bits per heavy atom. The van der Waals surface area contributed by atoms with Crippen molar-refractivity contribution in [2.75, 3.05) is 40.5 Å². The lowest BCUT2D eigenvalue weighted by Crippen LogP contribution is -2.43. The van der Waals surface area contributed by atoms with Crippen molar-refractivity contribution < 1.29 is 14.3 Å². The third-order valence-corrected chi connectivity index (χ3v) is 4.83. The van der Waals surface area contributed by atoms with Gasteiger partial charge in [-0.3, -0.25) is 9.79 Å². The minimum Gasteiger partial charge on any atom is -0.469 e. The molecule has 0 spiro atoms. The number of nitrogens with zero attached hydrogens (tertiary/aromatic N) is 1. The molecule has 0 bridgehead atoms. The van der Waals surface area contributed by atoms with Crippen LogP contribution in [0.25, 0.3) is 0 Å². The molecule has 1 aliphatic rings. The number of nitrogens with one attached hydrogen (secondary N) is 2. The molecule has 1 saturated carbocycles. The molecule has 0 aromatic rings. The minimum atomic E-state index is -0.144. The second-order valence-electron chi connectivity index (χ2n) is 6.54. The fourth-order valence-corrected chi connectivity index (χ4v) is 3.27. The molecule has 0 radical (unpaired) electrons. The average Bonchev–Trinajstić information content (AvgIpc) is 3.06. The Kier molecular flexibility index (Phi) is 14.3. The molecule has 1 fully saturated rings. The van der Waals surface area contributed by atoms with Crippen LogP contribution in [0.3, 0.4) is 0 Å². The summed E-state index contributed by atoms with van der Waals surface area (Å²) in [5.74, 6) is 0.700. The van der Waals surface area contributed by atoms with Gasteiger partial charge in [-0.05, 0) is 44.4 Å². The number of methoxy groups -OCH3 is 1. The Morgan fingerprint density at radius 3 is 2.52 bits per heavy atom. The van der Waals surface area contributed by atoms with E-state index in [1.54, 1.807) is 7.05 Å². The largest absolute Gasteiger partial charge is 0.469 e. The van der Waals surface area contributed by atoms with Crippen molar-refractivity contribution in [3.05, 3.63) is 0 Å². The number of hydrogen-bond acceptors (Lipinski definition) is 4. The second kappa shape index (κ2) is 14.6. The first kappa shape index (κ1) is 24.4. The smallest absolute Gasteiger partial charge is 0.305 e. The van der Waals surface area contributed by atoms with E-state index in [0.717, 1.165) is 51.5 Å². The van der Waals surface area contributed by atoms with Crippen LogP contribution in [0.2, 0.25) is 0 Å². The van der Waals surface area contributed by atoms with E-state index in [9.17, 15) is 4.79 Å². The van der Waals surface area contributed by atoms with Crippen LogP contribution in [0.15, 0.2) is 4.99 Å². The molecule has 148 valence electrons. The summed E-state index contributed by atoms with van der Waals surface area (Å²) in [5.41, 5.74) is 0.345. The first-order valence-corrected chi connectivity index (χ1v) is 9.25. The third-order valence-electron chi connectivity index (χ3n) is 4.83. The summed E-state index contributed by atoms with van der Waals surface area (Å²) in [4.78, 5) is 15.4. The van der Waals surface area contributed by atoms with E-state index in [1.807, 2.05) is 6.92 Å². The number of carbonyl (C=O) groups is 1. The van der Waals surface area contributed by atoms with Crippen LogP contribution in [-0.4, -0.2) is 52.4 Å². The number of carbonyl (C=O) groups excluding carboxylic acids is 1. The zero-order valence-electron chi connectivity index (χ0n) is 16.1. The number of guanidine groups is 1. The van der Waals surface area contributed by atoms with Crippen LogP contribution in [0.1, 0.15) is 58.3 Å². The quantitative estimate of drug-likeness (QED) is 0.160. The predicted molar refractivity (Wildman–Crippen MR) is 113 cm³/mol. The van der Waals surface area contributed by atoms with Crippen LogP contribution in [-0.2, 0) is 14.3 Å². The fourth-order valence-electron chi connectivity index (χ4n) is 3.27. The zero-order valence-corrected chi connectivity index (χ0v) is 18.4. The first-order chi connectivity index (χ1) is 11.7. The average molecular weight is 469 g/mol. The van der Waals surface area contributed by atoms with Crippen molar-refractivity contribution >= 4 is 35.9 Å². The molecule has 0 atom stereocenters. The molecule has 2 N–H and O–H groups in total. The van der Waals surface area contributed by atoms with Crippen LogP contribution < -0.4 is 10.6 Å². The maximum Gasteiger partial charge on any atom is 0.305 e. The summed E-state index contributed by atoms with van der Waals surface area (Å²) in [7, 11) is 3.22. The number of rotatable bonds is 11. The van der Waals surface area contributed by atoms with Crippen LogP contribution in [0, 0.1) is 5.41 Å². The predicted octanol–water partition coefficient (Wildman–Crippen LogP) is 3.10. The fraction of sp³-hybridized carbons (Fsp3) is 0.889. The van der Waals surface area contributed by atoms with Gasteiger partial charge in [0.05, 0.1) is 7.11 Å². The molecule has 0 heterocycles. The molecule has 0 aromatic carbocycles. The Morgan fingerprint density at radius 2 is 1.92 bits per heavy atom. The van der Waals surface area contributed by atoms with Gasteiger partial charge in [0.2, 0.25) is 0 Å². The zero-order chi connectivity index (χ0) is 17.7. The molecule has 1 rings (SSSR count). The lowest BCUT2D eigenvalue weighted by Gasteiger charge is -2.30. The van der Waals surface area contributed by atoms with Crippen LogP contribution >= 0.6 is 24.0 Å². The Hall–Kier alpha value is -0.570. The van der Waals surface area contributed by atoms with Crippen molar-refractivity contribution in [1.29, 1.82) is 0 Å². The summed E-state index contributed by atoms with van der Waals surface area (Å²) in [5, 5.41) is 6.81. The van der Waals surface area contributed by atoms with Crippen molar-refractivity contribution in [3.8, 4) is 0 Å². The number of unbranched alkanes of at least 4 members (excludes halogenated alkanes) is 1. The first-order valence-electron chi connectivity index (χ1n) is 9.25. The number of ether oxygens (including phenoxy) is 2. The summed E-state index contributed by atoms with van der Waals surface area (Å²) in [6.07, 6.45) is 8.50. The van der Waals surface area contributed by atoms with E-state index in [2.05, 4.69) is 20.4 Å². The highest BCUT2D eigenvalue weighted by Crippen LogP contribution is 2.40. The minimum absolute atomic E-state index is 0. The van der Waals surface area contributed by atoms with E-state index >= 15 is 0 Å². The molecule has 25 heavy (non-hydrogen) atoms. The highest BCUT2D eigenvalue weighted by molar-refractivity contribution is 14.0. The van der Waals surface area contributed by atoms with Gasteiger partial charge in [-0.1, -0.05) is 12.8 Å². The van der Waals surface area contributed by atoms with Gasteiger partial charge < -0.3 is 20.1 Å². The van der Waals surface area contributed by atoms with Gasteiger partial charge in [-0.15, -0.1) is 24.0 Å². The molecule has 0 saturated heterocycles. The van der Waals surface area contributed by atoms with E-state index in [1.165, 1.54) is 32.8 Å². The van der Waals surface area contributed by atoms with Gasteiger partial charge in [0.1, 0.15) is 0 Å². The Labute approximate surface area is 169 Å². The van der Waals surface area contributed by atoms with E-state index in [0.29, 0.717) is 11.8 Å². The maximum absolute atomic E-state index is 11.1. The molecular formula is C18H36IN3O3. The number of halogens is 1. The molecule has 6 nitrogen and oxygen atoms in total. The van der Waals surface area contributed by atoms with Crippen LogP contribution in [0.4, 0.5) is 0 Å². The van der Waals surface area contributed by atoms with Gasteiger partial charge in [-0.25, -0.2) is 0 Å². The second-order valence-corrected chi connectivity index (χ2v) is 6.54. The highest BCUT2D eigenvalue weighted by atomic mass is 127. The summed E-state index contributed by atoms with van der Waals surface area (Å²) < 4.78 is 10.2. The summed E-state index contributed by atoms with van der Waals surface area (Å²) >= 11 is 0. The molecular weight excluding hydrogens is 433 g/mol. The molecule has 0 amide bonds. The van der Waals surface area contributed by atoms with Crippen molar-refractivity contribution in [3.63, 3.8) is 0 Å². The summed E-state index contributed by atoms with van der Waals surface area (Å²) in [6.45, 7) is 5.44. The molecule has 1 aliphatic carbocycles. The standard InChI is InChI=1S/C18H35N3O3.HI/c1-4-24-14-12-18(10-6-7-11-18)15-21-17(19-2)20-13-8-5-9-16(22)23-3;/h4-15H2,1-3H3,(H2,19,20,21);1H. The van der Waals surface area contributed by atoms with Crippen molar-refractivity contribution in [1.82, 2.24) is 10.6 Å². The molecule has 0 unspecified atom stereocenters. The van der Waals surface area contributed by atoms with Gasteiger partial charge >= 0.3 is 5.97 Å². The third kappa shape index (κ3) is 10.2. The van der Waals surface area contributed by atoms with E-state index in [-0.39, 0.29) is 29.9 Å². The SMILES string of the molecule is CCOCCC1(CNC(=NC)NCCCCC(=O)OC)CCCC1.I. The Bertz CT molecular complexity index is 386. The number of hydrogen-bond donors (Lipinski definition) is 2. The van der Waals surface area contributed by atoms with Gasteiger partial charge in [-0.2, -0.15) is 0 Å². The monoisotopic (exact) mass is 469 g/mol. The Balaban J connectivity index is 0.00000576. The molecule has 7 heteroatoms. The van der Waals surface area contributed by atoms with E-state index < -0.39 is 0 Å². The number of aliphatic imine (C=N–C) groups is 1. The van der Waals surface area contributed by atoms with Gasteiger partial charge in [0.15, 0.2) is 5.96 Å². The van der Waals surface area contributed by atoms with Crippen LogP contribution in [0.5, 0.6) is 0 Å². The molecule has 0 aromatic heterocycles. The molecule has 0 aliphatic heterocycles. The van der Waals surface area contributed by atoms with Crippen molar-refractivity contribution in [2.45, 2.75) is 58.3 Å². The van der Waals surface area contributed by atoms with Crippen molar-refractivity contribution in [2.24, 2.45) is 10.4 Å². The normalized spacial score (nSPS) is 16.2. The topological polar surface area (TPSA) is 72.0 Å². The highest BCUT2D eigenvalue weighted by Gasteiger charge is 2.33. The summed E-state index contributed by atoms with van der Waals surface area (Å²) in [6, 6.07) is 0. The maximum atomic E-state index is 11.1. The lowest BCUT2D eigenvalue weighted by atomic mass is 9.83. The van der Waals surface area contributed by atoms with Gasteiger partial charge in [0, 0.05) is 39.8 Å². The lowest BCUT2D eigenvalue weighted by molar-refractivity contribution is -0.140. The van der Waals surface area contributed by atoms with E-state index in [4.69, 9.17) is 4.74 Å². The number of esters is 1. The van der Waals surface area contributed by atoms with Gasteiger partial charge in [0.25, 0.3) is 0 Å².